The number of nitrogens with one attached hydrogen (secondary N) is 1. The number of benzene rings is 2. The molecule has 1 aliphatic rings. The predicted octanol–water partition coefficient (Wildman–Crippen LogP) is 3.88. The maximum atomic E-state index is 13.0. The summed E-state index contributed by atoms with van der Waals surface area (Å²) in [5.74, 6) is 0.206. The van der Waals surface area contributed by atoms with E-state index in [0.717, 1.165) is 37.2 Å². The fraction of sp³-hybridized carbons (Fsp3) is 0.273. The van der Waals surface area contributed by atoms with Gasteiger partial charge in [-0.1, -0.05) is 18.2 Å². The Hall–Kier alpha value is -2.99. The minimum atomic E-state index is -0.280. The summed E-state index contributed by atoms with van der Waals surface area (Å²) >= 11 is 0. The molecule has 0 aliphatic carbocycles. The first-order chi connectivity index (χ1) is 13.7. The largest absolute Gasteiger partial charge is 0.444 e. The van der Waals surface area contributed by atoms with Crippen molar-refractivity contribution in [3.63, 3.8) is 0 Å². The zero-order valence-corrected chi connectivity index (χ0v) is 15.5. The molecule has 6 heteroatoms. The average Bonchev–Trinajstić information content (AvgIpc) is 3.19. The maximum absolute atomic E-state index is 13.0. The lowest BCUT2D eigenvalue weighted by Crippen LogP contribution is -2.44. The topological polar surface area (TPSA) is 58.4 Å². The van der Waals surface area contributed by atoms with E-state index in [4.69, 9.17) is 4.42 Å². The van der Waals surface area contributed by atoms with Crippen LogP contribution < -0.4 is 5.32 Å². The third kappa shape index (κ3) is 4.46. The van der Waals surface area contributed by atoms with E-state index in [1.165, 1.54) is 12.1 Å². The molecule has 1 saturated heterocycles. The quantitative estimate of drug-likeness (QED) is 0.731. The van der Waals surface area contributed by atoms with Crippen LogP contribution in [-0.2, 0) is 6.54 Å². The summed E-state index contributed by atoms with van der Waals surface area (Å²) in [5.41, 5.74) is 2.31. The highest BCUT2D eigenvalue weighted by Crippen LogP contribution is 2.20. The monoisotopic (exact) mass is 379 g/mol. The van der Waals surface area contributed by atoms with Crippen molar-refractivity contribution in [3.8, 4) is 11.5 Å². The van der Waals surface area contributed by atoms with Gasteiger partial charge in [-0.2, -0.15) is 0 Å². The Balaban J connectivity index is 1.28. The second kappa shape index (κ2) is 8.35. The molecule has 28 heavy (non-hydrogen) atoms. The molecular formula is C22H22FN3O2. The van der Waals surface area contributed by atoms with E-state index < -0.39 is 0 Å². The normalized spacial score (nSPS) is 15.5. The van der Waals surface area contributed by atoms with Crippen LogP contribution in [0.3, 0.4) is 0 Å². The number of carbonyl (C=O) groups excluding carboxylic acids is 1. The fourth-order valence-corrected chi connectivity index (χ4v) is 3.43. The third-order valence-corrected chi connectivity index (χ3v) is 4.99. The van der Waals surface area contributed by atoms with Gasteiger partial charge in [-0.05, 0) is 49.2 Å². The van der Waals surface area contributed by atoms with Crippen molar-refractivity contribution in [2.45, 2.75) is 25.4 Å². The van der Waals surface area contributed by atoms with E-state index in [1.54, 1.807) is 18.4 Å². The van der Waals surface area contributed by atoms with Crippen LogP contribution in [0.15, 0.2) is 65.3 Å². The van der Waals surface area contributed by atoms with Gasteiger partial charge < -0.3 is 9.73 Å². The molecule has 1 N–H and O–H groups in total. The Morgan fingerprint density at radius 2 is 1.82 bits per heavy atom. The zero-order chi connectivity index (χ0) is 19.3. The smallest absolute Gasteiger partial charge is 0.251 e. The molecule has 0 radical (unpaired) electrons. The van der Waals surface area contributed by atoms with Crippen molar-refractivity contribution in [1.82, 2.24) is 15.2 Å². The Kier molecular flexibility index (Phi) is 5.48. The van der Waals surface area contributed by atoms with Crippen molar-refractivity contribution in [2.75, 3.05) is 13.1 Å². The van der Waals surface area contributed by atoms with Gasteiger partial charge in [0.2, 0.25) is 5.89 Å². The zero-order valence-electron chi connectivity index (χ0n) is 15.5. The lowest BCUT2D eigenvalue weighted by molar-refractivity contribution is 0.0908. The Labute approximate surface area is 163 Å². The van der Waals surface area contributed by atoms with Crippen molar-refractivity contribution in [1.29, 1.82) is 0 Å². The highest BCUT2D eigenvalue weighted by Gasteiger charge is 2.22. The van der Waals surface area contributed by atoms with Crippen LogP contribution in [0.1, 0.15) is 28.9 Å². The molecule has 0 saturated carbocycles. The first-order valence-corrected chi connectivity index (χ1v) is 9.46. The predicted molar refractivity (Wildman–Crippen MR) is 104 cm³/mol. The number of amides is 1. The second-order valence-electron chi connectivity index (χ2n) is 7.04. The van der Waals surface area contributed by atoms with Crippen molar-refractivity contribution >= 4 is 5.91 Å². The number of nitrogens with zero attached hydrogens (tertiary/aromatic N) is 2. The van der Waals surface area contributed by atoms with Crippen LogP contribution >= 0.6 is 0 Å². The molecule has 0 atom stereocenters. The van der Waals surface area contributed by atoms with E-state index in [0.29, 0.717) is 18.0 Å². The molecule has 5 nitrogen and oxygen atoms in total. The molecule has 2 heterocycles. The molecule has 1 aromatic heterocycles. The van der Waals surface area contributed by atoms with Crippen LogP contribution in [0.4, 0.5) is 4.39 Å². The lowest BCUT2D eigenvalue weighted by atomic mass is 10.0. The molecule has 1 aliphatic heterocycles. The fourth-order valence-electron chi connectivity index (χ4n) is 3.43. The van der Waals surface area contributed by atoms with Crippen LogP contribution in [0.25, 0.3) is 11.5 Å². The van der Waals surface area contributed by atoms with E-state index in [2.05, 4.69) is 15.2 Å². The first-order valence-electron chi connectivity index (χ1n) is 9.46. The molecule has 144 valence electrons. The molecule has 0 spiro atoms. The van der Waals surface area contributed by atoms with Gasteiger partial charge in [0.1, 0.15) is 12.1 Å². The molecule has 3 aromatic rings. The Bertz CT molecular complexity index is 916. The summed E-state index contributed by atoms with van der Waals surface area (Å²) in [7, 11) is 0. The summed E-state index contributed by atoms with van der Waals surface area (Å²) in [6.45, 7) is 2.47. The van der Waals surface area contributed by atoms with E-state index in [-0.39, 0.29) is 17.8 Å². The molecule has 1 amide bonds. The molecule has 2 aromatic carbocycles. The summed E-state index contributed by atoms with van der Waals surface area (Å²) in [6, 6.07) is 15.6. The number of likely N-dealkylation sites (tertiary alicyclic amines) is 1. The SMILES string of the molecule is O=C(NC1CCN(Cc2coc(-c3ccc(F)cc3)n2)CC1)c1ccccc1. The van der Waals surface area contributed by atoms with E-state index in [1.807, 2.05) is 30.3 Å². The number of halogens is 1. The number of hydrogen-bond acceptors (Lipinski definition) is 4. The molecule has 1 fully saturated rings. The minimum absolute atomic E-state index is 0.0144. The highest BCUT2D eigenvalue weighted by atomic mass is 19.1. The Morgan fingerprint density at radius 1 is 1.11 bits per heavy atom. The average molecular weight is 379 g/mol. The minimum Gasteiger partial charge on any atom is -0.444 e. The van der Waals surface area contributed by atoms with Gasteiger partial charge in [-0.3, -0.25) is 9.69 Å². The number of hydrogen-bond donors (Lipinski definition) is 1. The number of piperidine rings is 1. The summed E-state index contributed by atoms with van der Waals surface area (Å²) in [4.78, 5) is 19.1. The number of aromatic nitrogens is 1. The highest BCUT2D eigenvalue weighted by molar-refractivity contribution is 5.94. The number of rotatable bonds is 5. The van der Waals surface area contributed by atoms with E-state index >= 15 is 0 Å². The maximum Gasteiger partial charge on any atom is 0.251 e. The molecule has 0 bridgehead atoms. The molecular weight excluding hydrogens is 357 g/mol. The molecule has 4 rings (SSSR count). The van der Waals surface area contributed by atoms with Gasteiger partial charge in [0.05, 0.1) is 5.69 Å². The summed E-state index contributed by atoms with van der Waals surface area (Å²) in [6.07, 6.45) is 3.46. The van der Waals surface area contributed by atoms with Crippen LogP contribution in [-0.4, -0.2) is 34.9 Å². The van der Waals surface area contributed by atoms with Crippen LogP contribution in [0, 0.1) is 5.82 Å². The van der Waals surface area contributed by atoms with E-state index in [9.17, 15) is 9.18 Å². The summed E-state index contributed by atoms with van der Waals surface area (Å²) in [5, 5.41) is 3.12. The van der Waals surface area contributed by atoms with Crippen molar-refractivity contribution < 1.29 is 13.6 Å². The Morgan fingerprint density at radius 3 is 2.54 bits per heavy atom. The van der Waals surface area contributed by atoms with Crippen LogP contribution in [0.5, 0.6) is 0 Å². The summed E-state index contributed by atoms with van der Waals surface area (Å²) < 4.78 is 18.6. The van der Waals surface area contributed by atoms with Gasteiger partial charge in [0, 0.05) is 36.8 Å². The first kappa shape index (κ1) is 18.4. The third-order valence-electron chi connectivity index (χ3n) is 4.99. The standard InChI is InChI=1S/C22H22FN3O2/c23-18-8-6-17(7-9-18)22-25-20(15-28-22)14-26-12-10-19(11-13-26)24-21(27)16-4-2-1-3-5-16/h1-9,15,19H,10-14H2,(H,24,27). The van der Waals surface area contributed by atoms with Gasteiger partial charge in [-0.25, -0.2) is 9.37 Å². The second-order valence-corrected chi connectivity index (χ2v) is 7.04. The van der Waals surface area contributed by atoms with Crippen LogP contribution in [0.2, 0.25) is 0 Å². The van der Waals surface area contributed by atoms with Crippen molar-refractivity contribution in [2.24, 2.45) is 0 Å². The van der Waals surface area contributed by atoms with Gasteiger partial charge in [0.15, 0.2) is 0 Å². The number of oxazole rings is 1. The number of carbonyl (C=O) groups is 1. The van der Waals surface area contributed by atoms with Gasteiger partial charge >= 0.3 is 0 Å². The lowest BCUT2D eigenvalue weighted by Gasteiger charge is -2.31. The van der Waals surface area contributed by atoms with Gasteiger partial charge in [0.25, 0.3) is 5.91 Å². The molecule has 0 unspecified atom stereocenters. The van der Waals surface area contributed by atoms with Crippen molar-refractivity contribution in [3.05, 3.63) is 77.9 Å². The van der Waals surface area contributed by atoms with Gasteiger partial charge in [-0.15, -0.1) is 0 Å².